The van der Waals surface area contributed by atoms with E-state index in [9.17, 15) is 0 Å². The first-order valence-electron chi connectivity index (χ1n) is 6.16. The van der Waals surface area contributed by atoms with E-state index >= 15 is 0 Å². The van der Waals surface area contributed by atoms with Gasteiger partial charge in [-0.1, -0.05) is 0 Å². The monoisotopic (exact) mass is 251 g/mol. The van der Waals surface area contributed by atoms with Gasteiger partial charge in [0.1, 0.15) is 5.75 Å². The highest BCUT2D eigenvalue weighted by Gasteiger charge is 2.35. The minimum absolute atomic E-state index is 0.0438. The lowest BCUT2D eigenvalue weighted by molar-refractivity contribution is -0.270. The predicted molar refractivity (Wildman–Crippen MR) is 69.7 cm³/mol. The molecular formula is C14H21NO3. The molecule has 4 heteroatoms. The largest absolute Gasteiger partial charge is 0.496 e. The van der Waals surface area contributed by atoms with Crippen LogP contribution in [0.2, 0.25) is 0 Å². The third-order valence-corrected chi connectivity index (χ3v) is 3.59. The number of hydrogen-bond acceptors (Lipinski definition) is 4. The van der Waals surface area contributed by atoms with E-state index < -0.39 is 5.79 Å². The molecule has 1 aliphatic heterocycles. The number of methoxy groups -OCH3 is 1. The zero-order chi connectivity index (χ0) is 13.3. The zero-order valence-electron chi connectivity index (χ0n) is 11.4. The molecule has 2 N–H and O–H groups in total. The lowest BCUT2D eigenvalue weighted by Crippen LogP contribution is -2.46. The molecule has 1 fully saturated rings. The second kappa shape index (κ2) is 4.88. The van der Waals surface area contributed by atoms with Gasteiger partial charge in [-0.2, -0.15) is 0 Å². The van der Waals surface area contributed by atoms with E-state index in [1.54, 1.807) is 7.11 Å². The maximum absolute atomic E-state index is 5.79. The van der Waals surface area contributed by atoms with E-state index in [2.05, 4.69) is 6.92 Å². The molecule has 1 saturated heterocycles. The van der Waals surface area contributed by atoms with Crippen molar-refractivity contribution >= 4 is 0 Å². The Balaban J connectivity index is 2.36. The van der Waals surface area contributed by atoms with Gasteiger partial charge in [-0.15, -0.1) is 0 Å². The Hall–Kier alpha value is -1.10. The maximum atomic E-state index is 5.79. The van der Waals surface area contributed by atoms with Crippen LogP contribution < -0.4 is 10.5 Å². The summed E-state index contributed by atoms with van der Waals surface area (Å²) in [4.78, 5) is 0. The minimum atomic E-state index is -0.711. The Bertz CT molecular complexity index is 437. The van der Waals surface area contributed by atoms with Crippen molar-refractivity contribution in [1.29, 1.82) is 0 Å². The second-order valence-electron chi connectivity index (χ2n) is 4.89. The summed E-state index contributed by atoms with van der Waals surface area (Å²) in [5.74, 6) is 0.170. The second-order valence-corrected chi connectivity index (χ2v) is 4.89. The van der Waals surface area contributed by atoms with Gasteiger partial charge in [-0.3, -0.25) is 0 Å². The Kier molecular flexibility index (Phi) is 3.61. The molecule has 0 amide bonds. The van der Waals surface area contributed by atoms with Gasteiger partial charge in [-0.05, 0) is 44.0 Å². The van der Waals surface area contributed by atoms with Gasteiger partial charge in [0.15, 0.2) is 5.79 Å². The lowest BCUT2D eigenvalue weighted by atomic mass is 9.96. The highest BCUT2D eigenvalue weighted by molar-refractivity contribution is 5.45. The predicted octanol–water partition coefficient (Wildman–Crippen LogP) is 1.86. The Morgan fingerprint density at radius 1 is 1.22 bits per heavy atom. The lowest BCUT2D eigenvalue weighted by Gasteiger charge is -2.38. The van der Waals surface area contributed by atoms with Crippen molar-refractivity contribution in [3.63, 3.8) is 0 Å². The molecule has 0 saturated carbocycles. The molecule has 2 rings (SSSR count). The fourth-order valence-corrected chi connectivity index (χ4v) is 2.29. The maximum Gasteiger partial charge on any atom is 0.192 e. The third kappa shape index (κ3) is 2.23. The summed E-state index contributed by atoms with van der Waals surface area (Å²) in [6.07, 6.45) is 0. The van der Waals surface area contributed by atoms with Gasteiger partial charge in [0, 0.05) is 5.56 Å². The summed E-state index contributed by atoms with van der Waals surface area (Å²) in [5.41, 5.74) is 9.05. The first kappa shape index (κ1) is 13.3. The molecule has 1 heterocycles. The highest BCUT2D eigenvalue weighted by atomic mass is 16.7. The Morgan fingerprint density at radius 2 is 1.83 bits per heavy atom. The molecule has 0 aromatic heterocycles. The summed E-state index contributed by atoms with van der Waals surface area (Å²) < 4.78 is 16.9. The van der Waals surface area contributed by atoms with Crippen molar-refractivity contribution in [3.8, 4) is 5.75 Å². The minimum Gasteiger partial charge on any atom is -0.496 e. The van der Waals surface area contributed by atoms with Crippen molar-refractivity contribution in [2.24, 2.45) is 5.73 Å². The summed E-state index contributed by atoms with van der Waals surface area (Å²) >= 11 is 0. The molecule has 100 valence electrons. The van der Waals surface area contributed by atoms with Crippen molar-refractivity contribution < 1.29 is 14.2 Å². The van der Waals surface area contributed by atoms with Crippen LogP contribution >= 0.6 is 0 Å². The fourth-order valence-electron chi connectivity index (χ4n) is 2.29. The van der Waals surface area contributed by atoms with Crippen molar-refractivity contribution in [2.75, 3.05) is 20.3 Å². The van der Waals surface area contributed by atoms with Gasteiger partial charge in [0.2, 0.25) is 0 Å². The van der Waals surface area contributed by atoms with Crippen LogP contribution in [0, 0.1) is 13.8 Å². The van der Waals surface area contributed by atoms with Crippen LogP contribution in [0.15, 0.2) is 12.1 Å². The number of nitrogens with two attached hydrogens (primary N) is 1. The van der Waals surface area contributed by atoms with Gasteiger partial charge in [-0.25, -0.2) is 0 Å². The summed E-state index contributed by atoms with van der Waals surface area (Å²) in [5, 5.41) is 0. The highest BCUT2D eigenvalue weighted by Crippen LogP contribution is 2.35. The first-order chi connectivity index (χ1) is 8.48. The van der Waals surface area contributed by atoms with Gasteiger partial charge in [0.05, 0.1) is 26.4 Å². The molecule has 4 nitrogen and oxygen atoms in total. The van der Waals surface area contributed by atoms with Crippen LogP contribution in [0.3, 0.4) is 0 Å². The molecule has 0 aliphatic carbocycles. The molecule has 0 unspecified atom stereocenters. The molecule has 1 aromatic rings. The van der Waals surface area contributed by atoms with Gasteiger partial charge in [0.25, 0.3) is 0 Å². The Morgan fingerprint density at radius 3 is 2.39 bits per heavy atom. The van der Waals surface area contributed by atoms with E-state index in [1.165, 1.54) is 0 Å². The van der Waals surface area contributed by atoms with E-state index in [0.717, 1.165) is 22.4 Å². The smallest absolute Gasteiger partial charge is 0.192 e. The number of rotatable bonds is 2. The summed E-state index contributed by atoms with van der Waals surface area (Å²) in [6, 6.07) is 3.90. The molecule has 0 spiro atoms. The van der Waals surface area contributed by atoms with Crippen molar-refractivity contribution in [3.05, 3.63) is 28.8 Å². The molecule has 1 aliphatic rings. The quantitative estimate of drug-likeness (QED) is 0.871. The van der Waals surface area contributed by atoms with Crippen molar-refractivity contribution in [1.82, 2.24) is 0 Å². The normalized spacial score (nSPS) is 28.2. The van der Waals surface area contributed by atoms with Crippen LogP contribution in [0.25, 0.3) is 0 Å². The molecule has 18 heavy (non-hydrogen) atoms. The first-order valence-corrected chi connectivity index (χ1v) is 6.16. The number of hydrogen-bond donors (Lipinski definition) is 1. The Labute approximate surface area is 108 Å². The van der Waals surface area contributed by atoms with Gasteiger partial charge >= 0.3 is 0 Å². The van der Waals surface area contributed by atoms with Crippen LogP contribution in [-0.4, -0.2) is 26.4 Å². The summed E-state index contributed by atoms with van der Waals surface area (Å²) in [7, 11) is 1.68. The van der Waals surface area contributed by atoms with Crippen molar-refractivity contribution in [2.45, 2.75) is 32.6 Å². The van der Waals surface area contributed by atoms with Crippen LogP contribution in [0.5, 0.6) is 5.75 Å². The van der Waals surface area contributed by atoms with E-state index in [4.69, 9.17) is 19.9 Å². The fraction of sp³-hybridized carbons (Fsp3) is 0.571. The average Bonchev–Trinajstić information content (AvgIpc) is 2.36. The van der Waals surface area contributed by atoms with E-state index in [0.29, 0.717) is 13.2 Å². The topological polar surface area (TPSA) is 53.7 Å². The standard InChI is InChI=1S/C14H21NO3/c1-9-10(2)13(16-4)6-5-12(9)14(3)17-7-11(15)8-18-14/h5-6,11H,7-8,15H2,1-4H3. The van der Waals surface area contributed by atoms with Crippen LogP contribution in [-0.2, 0) is 15.3 Å². The zero-order valence-corrected chi connectivity index (χ0v) is 11.4. The third-order valence-electron chi connectivity index (χ3n) is 3.59. The van der Waals surface area contributed by atoms with E-state index in [1.807, 2.05) is 26.0 Å². The molecule has 0 bridgehead atoms. The van der Waals surface area contributed by atoms with Gasteiger partial charge < -0.3 is 19.9 Å². The molecular weight excluding hydrogens is 230 g/mol. The van der Waals surface area contributed by atoms with Crippen LogP contribution in [0.1, 0.15) is 23.6 Å². The average molecular weight is 251 g/mol. The molecule has 0 radical (unpaired) electrons. The number of ether oxygens (including phenoxy) is 3. The SMILES string of the molecule is COc1ccc(C2(C)OCC(N)CO2)c(C)c1C. The van der Waals surface area contributed by atoms with Crippen LogP contribution in [0.4, 0.5) is 0 Å². The molecule has 1 aromatic carbocycles. The molecule has 0 atom stereocenters. The summed E-state index contributed by atoms with van der Waals surface area (Å²) in [6.45, 7) is 7.06. The number of benzene rings is 1. The van der Waals surface area contributed by atoms with E-state index in [-0.39, 0.29) is 6.04 Å².